The number of benzene rings is 1. The summed E-state index contributed by atoms with van der Waals surface area (Å²) < 4.78 is 28.3. The van der Waals surface area contributed by atoms with Crippen LogP contribution in [0.5, 0.6) is 0 Å². The molecule has 0 aromatic heterocycles. The fraction of sp³-hybridized carbons (Fsp3) is 0.250. The van der Waals surface area contributed by atoms with Crippen LogP contribution in [0, 0.1) is 5.92 Å². The molecule has 0 aliphatic rings. The molecule has 0 fully saturated rings. The van der Waals surface area contributed by atoms with Gasteiger partial charge in [0, 0.05) is 0 Å². The number of hydrogen-bond donors (Lipinski definition) is 3. The van der Waals surface area contributed by atoms with E-state index in [1.165, 1.54) is 18.2 Å². The largest absolute Gasteiger partial charge is 0.481 e. The number of aliphatic carboxylic acids is 3. The first-order chi connectivity index (χ1) is 10.1. The van der Waals surface area contributed by atoms with Gasteiger partial charge in [-0.25, -0.2) is 4.79 Å². The second-order valence-corrected chi connectivity index (χ2v) is 5.74. The van der Waals surface area contributed by atoms with E-state index in [1.54, 1.807) is 0 Å². The average Bonchev–Trinajstić information content (AvgIpc) is 2.43. The van der Waals surface area contributed by atoms with Crippen LogP contribution in [0.3, 0.4) is 0 Å². The molecule has 1 aromatic carbocycles. The normalized spacial score (nSPS) is 14.0. The maximum absolute atomic E-state index is 11.9. The van der Waals surface area contributed by atoms with Crippen molar-refractivity contribution in [3.05, 3.63) is 30.3 Å². The van der Waals surface area contributed by atoms with Gasteiger partial charge in [0.25, 0.3) is 10.1 Å². The van der Waals surface area contributed by atoms with Gasteiger partial charge in [-0.3, -0.25) is 13.8 Å². The van der Waals surface area contributed by atoms with Crippen LogP contribution in [0.15, 0.2) is 35.2 Å². The van der Waals surface area contributed by atoms with Crippen LogP contribution in [0.25, 0.3) is 0 Å². The fourth-order valence-corrected chi connectivity index (χ4v) is 2.66. The Balaban J connectivity index is 3.13. The molecule has 22 heavy (non-hydrogen) atoms. The number of hydrogen-bond acceptors (Lipinski definition) is 6. The second-order valence-electron chi connectivity index (χ2n) is 4.16. The van der Waals surface area contributed by atoms with Gasteiger partial charge in [0.1, 0.15) is 5.92 Å². The first kappa shape index (κ1) is 17.6. The van der Waals surface area contributed by atoms with Crippen LogP contribution in [0.1, 0.15) is 6.42 Å². The minimum absolute atomic E-state index is 0.374. The van der Waals surface area contributed by atoms with Crippen LogP contribution < -0.4 is 0 Å². The molecule has 2 atom stereocenters. The summed E-state index contributed by atoms with van der Waals surface area (Å²) in [6.45, 7) is 0. The molecule has 10 heteroatoms. The highest BCUT2D eigenvalue weighted by Crippen LogP contribution is 2.20. The molecule has 0 saturated carbocycles. The Bertz CT molecular complexity index is 665. The van der Waals surface area contributed by atoms with E-state index in [1.807, 2.05) is 0 Å². The van der Waals surface area contributed by atoms with Crippen LogP contribution in [-0.4, -0.2) is 47.7 Å². The Hall–Kier alpha value is -2.46. The quantitative estimate of drug-likeness (QED) is 0.558. The van der Waals surface area contributed by atoms with Gasteiger partial charge in [0.05, 0.1) is 11.3 Å². The monoisotopic (exact) mass is 332 g/mol. The minimum Gasteiger partial charge on any atom is -0.481 e. The van der Waals surface area contributed by atoms with Gasteiger partial charge in [-0.1, -0.05) is 18.2 Å². The molecular formula is C12H12O9S. The summed E-state index contributed by atoms with van der Waals surface area (Å²) in [5, 5.41) is 26.5. The lowest BCUT2D eigenvalue weighted by atomic mass is 9.99. The first-order valence-corrected chi connectivity index (χ1v) is 7.21. The predicted octanol–water partition coefficient (Wildman–Crippen LogP) is 0.0206. The Morgan fingerprint density at radius 3 is 1.95 bits per heavy atom. The average molecular weight is 332 g/mol. The van der Waals surface area contributed by atoms with Gasteiger partial charge in [0.15, 0.2) is 6.10 Å². The number of carboxylic acid groups (broad SMARTS) is 3. The van der Waals surface area contributed by atoms with Gasteiger partial charge in [-0.05, 0) is 12.1 Å². The van der Waals surface area contributed by atoms with Crippen molar-refractivity contribution in [3.8, 4) is 0 Å². The molecule has 0 radical (unpaired) electrons. The maximum Gasteiger partial charge on any atom is 0.335 e. The smallest absolute Gasteiger partial charge is 0.335 e. The minimum atomic E-state index is -4.56. The molecule has 1 rings (SSSR count). The zero-order valence-electron chi connectivity index (χ0n) is 10.9. The summed E-state index contributed by atoms with van der Waals surface area (Å²) in [5.41, 5.74) is 0. The molecule has 0 saturated heterocycles. The van der Waals surface area contributed by atoms with E-state index in [-0.39, 0.29) is 4.90 Å². The SMILES string of the molecule is O=C(O)CC(C(=O)O)C(OS(=O)(=O)c1ccccc1)C(=O)O. The summed E-state index contributed by atoms with van der Waals surface area (Å²) in [6, 6.07) is 6.48. The number of rotatable bonds is 8. The Morgan fingerprint density at radius 1 is 1.00 bits per heavy atom. The summed E-state index contributed by atoms with van der Waals surface area (Å²) in [6.07, 6.45) is -3.46. The van der Waals surface area contributed by atoms with Crippen molar-refractivity contribution in [2.24, 2.45) is 5.92 Å². The topological polar surface area (TPSA) is 155 Å². The number of carbonyl (C=O) groups is 3. The van der Waals surface area contributed by atoms with E-state index >= 15 is 0 Å². The lowest BCUT2D eigenvalue weighted by molar-refractivity contribution is -0.160. The van der Waals surface area contributed by atoms with Gasteiger partial charge in [-0.15, -0.1) is 0 Å². The fourth-order valence-electron chi connectivity index (χ4n) is 1.57. The number of carboxylic acids is 3. The van der Waals surface area contributed by atoms with Crippen LogP contribution in [0.2, 0.25) is 0 Å². The lowest BCUT2D eigenvalue weighted by Crippen LogP contribution is -2.40. The highest BCUT2D eigenvalue weighted by Gasteiger charge is 2.40. The summed E-state index contributed by atoms with van der Waals surface area (Å²) in [5.74, 6) is -7.35. The summed E-state index contributed by atoms with van der Waals surface area (Å²) in [7, 11) is -4.56. The molecule has 0 spiro atoms. The Kier molecular flexibility index (Phi) is 5.60. The summed E-state index contributed by atoms with van der Waals surface area (Å²) in [4.78, 5) is 32.3. The van der Waals surface area contributed by atoms with Gasteiger partial charge >= 0.3 is 17.9 Å². The highest BCUT2D eigenvalue weighted by molar-refractivity contribution is 7.86. The van der Waals surface area contributed by atoms with Crippen molar-refractivity contribution < 1.29 is 42.3 Å². The molecule has 0 aliphatic heterocycles. The van der Waals surface area contributed by atoms with E-state index < -0.39 is 46.5 Å². The van der Waals surface area contributed by atoms with Crippen LogP contribution in [0.4, 0.5) is 0 Å². The third kappa shape index (κ3) is 4.53. The van der Waals surface area contributed by atoms with Gasteiger partial charge in [-0.2, -0.15) is 8.42 Å². The van der Waals surface area contributed by atoms with Crippen LogP contribution >= 0.6 is 0 Å². The maximum atomic E-state index is 11.9. The molecule has 120 valence electrons. The molecule has 0 aliphatic carbocycles. The molecule has 0 amide bonds. The molecule has 1 aromatic rings. The second kappa shape index (κ2) is 7.00. The van der Waals surface area contributed by atoms with E-state index in [4.69, 9.17) is 15.3 Å². The third-order valence-electron chi connectivity index (χ3n) is 2.58. The Labute approximate surface area is 124 Å². The molecular weight excluding hydrogens is 320 g/mol. The standard InChI is InChI=1S/C12H12O9S/c13-9(14)6-8(11(15)16)10(12(17)18)21-22(19,20)7-4-2-1-3-5-7/h1-5,8,10H,6H2,(H,13,14)(H,15,16)(H,17,18). The van der Waals surface area contributed by atoms with Gasteiger partial charge in [0.2, 0.25) is 0 Å². The molecule has 9 nitrogen and oxygen atoms in total. The predicted molar refractivity (Wildman–Crippen MR) is 69.5 cm³/mol. The zero-order valence-corrected chi connectivity index (χ0v) is 11.8. The lowest BCUT2D eigenvalue weighted by Gasteiger charge is -2.19. The van der Waals surface area contributed by atoms with Crippen molar-refractivity contribution in [2.45, 2.75) is 17.4 Å². The molecule has 2 unspecified atom stereocenters. The third-order valence-corrected chi connectivity index (χ3v) is 3.89. The van der Waals surface area contributed by atoms with Crippen molar-refractivity contribution >= 4 is 28.0 Å². The molecule has 3 N–H and O–H groups in total. The summed E-state index contributed by atoms with van der Waals surface area (Å²) >= 11 is 0. The van der Waals surface area contributed by atoms with Crippen LogP contribution in [-0.2, 0) is 28.7 Å². The van der Waals surface area contributed by atoms with E-state index in [0.29, 0.717) is 0 Å². The molecule has 0 bridgehead atoms. The van der Waals surface area contributed by atoms with Crippen molar-refractivity contribution in [2.75, 3.05) is 0 Å². The van der Waals surface area contributed by atoms with E-state index in [0.717, 1.165) is 12.1 Å². The highest BCUT2D eigenvalue weighted by atomic mass is 32.2. The molecule has 0 heterocycles. The zero-order chi connectivity index (χ0) is 16.9. The van der Waals surface area contributed by atoms with Crippen molar-refractivity contribution in [3.63, 3.8) is 0 Å². The Morgan fingerprint density at radius 2 is 1.55 bits per heavy atom. The van der Waals surface area contributed by atoms with E-state index in [9.17, 15) is 22.8 Å². The van der Waals surface area contributed by atoms with E-state index in [2.05, 4.69) is 4.18 Å². The van der Waals surface area contributed by atoms with Crippen molar-refractivity contribution in [1.82, 2.24) is 0 Å². The first-order valence-electron chi connectivity index (χ1n) is 5.81. The van der Waals surface area contributed by atoms with Crippen molar-refractivity contribution in [1.29, 1.82) is 0 Å². The van der Waals surface area contributed by atoms with Gasteiger partial charge < -0.3 is 15.3 Å².